The van der Waals surface area contributed by atoms with Crippen molar-refractivity contribution < 1.29 is 14.3 Å². The molecular formula is C33H35N7O3. The van der Waals surface area contributed by atoms with E-state index in [1.165, 1.54) is 7.11 Å². The van der Waals surface area contributed by atoms with Gasteiger partial charge in [0, 0.05) is 45.0 Å². The fraction of sp³-hybridized carbons (Fsp3) is 0.394. The fourth-order valence-corrected chi connectivity index (χ4v) is 6.42. The van der Waals surface area contributed by atoms with Gasteiger partial charge in [0.15, 0.2) is 0 Å². The number of aromatic nitrogens is 3. The van der Waals surface area contributed by atoms with Gasteiger partial charge in [-0.05, 0) is 67.3 Å². The largest absolute Gasteiger partial charge is 0.465 e. The number of hydrogen-bond donors (Lipinski definition) is 0. The van der Waals surface area contributed by atoms with Crippen molar-refractivity contribution in [2.24, 2.45) is 0 Å². The average Bonchev–Trinajstić information content (AvgIpc) is 3.37. The Labute approximate surface area is 251 Å². The van der Waals surface area contributed by atoms with Crippen LogP contribution in [0.5, 0.6) is 0 Å². The number of hydrogen-bond acceptors (Lipinski definition) is 9. The first-order chi connectivity index (χ1) is 21.1. The highest BCUT2D eigenvalue weighted by Gasteiger charge is 2.26. The summed E-state index contributed by atoms with van der Waals surface area (Å²) < 4.78 is 12.9. The monoisotopic (exact) mass is 577 g/mol. The first-order valence-corrected chi connectivity index (χ1v) is 15.0. The summed E-state index contributed by atoms with van der Waals surface area (Å²) >= 11 is 0. The number of nitriles is 1. The molecule has 0 spiro atoms. The normalized spacial score (nSPS) is 18.7. The highest BCUT2D eigenvalue weighted by Crippen LogP contribution is 2.35. The van der Waals surface area contributed by atoms with Crippen molar-refractivity contribution in [3.8, 4) is 6.07 Å². The van der Waals surface area contributed by atoms with Gasteiger partial charge < -0.3 is 23.8 Å². The van der Waals surface area contributed by atoms with Crippen molar-refractivity contribution in [1.82, 2.24) is 19.4 Å². The van der Waals surface area contributed by atoms with Crippen LogP contribution in [-0.2, 0) is 29.0 Å². The number of carbonyl (C=O) groups excluding carboxylic acids is 1. The molecule has 2 fully saturated rings. The summed E-state index contributed by atoms with van der Waals surface area (Å²) in [5.41, 5.74) is 5.31. The third-order valence-corrected chi connectivity index (χ3v) is 8.86. The number of anilines is 3. The van der Waals surface area contributed by atoms with E-state index in [2.05, 4.69) is 49.6 Å². The lowest BCUT2D eigenvalue weighted by molar-refractivity contribution is -0.0592. The maximum atomic E-state index is 12.2. The molecule has 0 amide bonds. The van der Waals surface area contributed by atoms with Gasteiger partial charge in [0.2, 0.25) is 0 Å². The molecule has 220 valence electrons. The first kappa shape index (κ1) is 27.4. The number of rotatable bonds is 7. The summed E-state index contributed by atoms with van der Waals surface area (Å²) in [6.07, 6.45) is 3.12. The van der Waals surface area contributed by atoms with Gasteiger partial charge in [-0.3, -0.25) is 4.90 Å². The predicted octanol–water partition coefficient (Wildman–Crippen LogP) is 4.28. The summed E-state index contributed by atoms with van der Waals surface area (Å²) in [5, 5.41) is 9.60. The number of esters is 1. The minimum Gasteiger partial charge on any atom is -0.465 e. The van der Waals surface area contributed by atoms with Gasteiger partial charge >= 0.3 is 5.97 Å². The molecule has 7 rings (SSSR count). The van der Waals surface area contributed by atoms with Gasteiger partial charge in [-0.25, -0.2) is 14.8 Å². The smallest absolute Gasteiger partial charge is 0.337 e. The topological polar surface area (TPSA) is 99.8 Å². The zero-order valence-corrected chi connectivity index (χ0v) is 24.4. The van der Waals surface area contributed by atoms with Crippen LogP contribution in [0.2, 0.25) is 0 Å². The van der Waals surface area contributed by atoms with Crippen molar-refractivity contribution >= 4 is 34.3 Å². The van der Waals surface area contributed by atoms with E-state index in [1.54, 1.807) is 6.07 Å². The molecule has 10 heteroatoms. The number of benzene rings is 2. The Balaban J connectivity index is 1.07. The minimum absolute atomic E-state index is 0.173. The number of pyridine rings is 1. The Hall–Kier alpha value is -4.46. The number of nitrogens with zero attached hydrogens (tertiary/aromatic N) is 7. The lowest BCUT2D eigenvalue weighted by Crippen LogP contribution is -2.46. The summed E-state index contributed by atoms with van der Waals surface area (Å²) in [6.45, 7) is 6.64. The van der Waals surface area contributed by atoms with E-state index in [0.717, 1.165) is 117 Å². The number of methoxy groups -OCH3 is 1. The average molecular weight is 578 g/mol. The van der Waals surface area contributed by atoms with E-state index in [9.17, 15) is 10.1 Å². The Kier molecular flexibility index (Phi) is 7.43. The maximum absolute atomic E-state index is 12.2. The zero-order chi connectivity index (χ0) is 29.3. The summed E-state index contributed by atoms with van der Waals surface area (Å²) in [5.74, 6) is 2.54. The summed E-state index contributed by atoms with van der Waals surface area (Å²) in [7, 11) is 1.40. The predicted molar refractivity (Wildman–Crippen MR) is 164 cm³/mol. The number of piperazine rings is 1. The molecule has 0 saturated carbocycles. The molecule has 0 N–H and O–H groups in total. The third kappa shape index (κ3) is 5.31. The molecule has 1 unspecified atom stereocenters. The van der Waals surface area contributed by atoms with E-state index >= 15 is 0 Å². The second-order valence-corrected chi connectivity index (χ2v) is 11.4. The quantitative estimate of drug-likeness (QED) is 0.298. The number of carbonyl (C=O) groups is 1. The molecule has 5 heterocycles. The van der Waals surface area contributed by atoms with Gasteiger partial charge in [0.05, 0.1) is 54.5 Å². The van der Waals surface area contributed by atoms with E-state index in [4.69, 9.17) is 19.4 Å². The molecule has 2 saturated heterocycles. The fourth-order valence-electron chi connectivity index (χ4n) is 6.42. The van der Waals surface area contributed by atoms with E-state index in [0.29, 0.717) is 5.56 Å². The Morgan fingerprint density at radius 2 is 1.86 bits per heavy atom. The zero-order valence-electron chi connectivity index (χ0n) is 24.4. The highest BCUT2D eigenvalue weighted by molar-refractivity contribution is 5.93. The molecule has 3 aliphatic rings. The highest BCUT2D eigenvalue weighted by atomic mass is 16.5. The third-order valence-electron chi connectivity index (χ3n) is 8.86. The van der Waals surface area contributed by atoms with Crippen LogP contribution in [0.3, 0.4) is 0 Å². The molecular weight excluding hydrogens is 542 g/mol. The van der Waals surface area contributed by atoms with Crippen molar-refractivity contribution in [3.05, 3.63) is 77.1 Å². The van der Waals surface area contributed by atoms with Gasteiger partial charge in [0.1, 0.15) is 17.5 Å². The van der Waals surface area contributed by atoms with Crippen LogP contribution >= 0.6 is 0 Å². The van der Waals surface area contributed by atoms with Gasteiger partial charge in [-0.2, -0.15) is 5.26 Å². The maximum Gasteiger partial charge on any atom is 0.337 e. The SMILES string of the molecule is COC(=O)c1ccc2nc(CN3CCN(c4cccc(N5CCCc6c(C#N)cccc65)n4)CC3)n(CC3CCO3)c2c1. The standard InChI is InChI=1S/C33H35N7O3/c1-42-33(41)23-10-11-27-29(19-23)40(21-25-12-18-43-25)32(35-27)22-37-14-16-38(17-15-37)30-8-3-9-31(36-30)39-13-4-6-26-24(20-34)5-2-7-28(26)39/h2-3,5,7-11,19,25H,4,6,12-18,21-22H2,1H3. The Morgan fingerprint density at radius 1 is 1.05 bits per heavy atom. The number of imidazole rings is 1. The van der Waals surface area contributed by atoms with Crippen LogP contribution in [0.4, 0.5) is 17.3 Å². The van der Waals surface area contributed by atoms with Gasteiger partial charge in [-0.15, -0.1) is 0 Å². The van der Waals surface area contributed by atoms with Crippen LogP contribution in [0, 0.1) is 11.3 Å². The minimum atomic E-state index is -0.346. The molecule has 10 nitrogen and oxygen atoms in total. The van der Waals surface area contributed by atoms with Crippen molar-refractivity contribution in [2.45, 2.75) is 38.5 Å². The Bertz CT molecular complexity index is 1700. The number of ether oxygens (including phenoxy) is 2. The van der Waals surface area contributed by atoms with Crippen LogP contribution in [-0.4, -0.2) is 77.9 Å². The van der Waals surface area contributed by atoms with Crippen LogP contribution in [0.25, 0.3) is 11.0 Å². The second kappa shape index (κ2) is 11.7. The summed E-state index contributed by atoms with van der Waals surface area (Å²) in [4.78, 5) is 29.3. The van der Waals surface area contributed by atoms with Crippen LogP contribution in [0.1, 0.15) is 40.2 Å². The summed E-state index contributed by atoms with van der Waals surface area (Å²) in [6, 6.07) is 20.1. The van der Waals surface area contributed by atoms with Gasteiger partial charge in [-0.1, -0.05) is 12.1 Å². The van der Waals surface area contributed by atoms with Crippen LogP contribution in [0.15, 0.2) is 54.6 Å². The molecule has 2 aromatic heterocycles. The van der Waals surface area contributed by atoms with Crippen LogP contribution < -0.4 is 9.80 Å². The van der Waals surface area contributed by atoms with E-state index in [1.807, 2.05) is 24.3 Å². The van der Waals surface area contributed by atoms with Crippen molar-refractivity contribution in [1.29, 1.82) is 5.26 Å². The second-order valence-electron chi connectivity index (χ2n) is 11.4. The molecule has 1 atom stereocenters. The lowest BCUT2D eigenvalue weighted by atomic mass is 9.97. The van der Waals surface area contributed by atoms with Crippen molar-refractivity contribution in [2.75, 3.05) is 56.2 Å². The molecule has 0 aliphatic carbocycles. The Morgan fingerprint density at radius 3 is 2.63 bits per heavy atom. The van der Waals surface area contributed by atoms with Crippen molar-refractivity contribution in [3.63, 3.8) is 0 Å². The molecule has 3 aliphatic heterocycles. The molecule has 2 aromatic carbocycles. The molecule has 4 aromatic rings. The molecule has 0 bridgehead atoms. The van der Waals surface area contributed by atoms with E-state index in [-0.39, 0.29) is 12.1 Å². The van der Waals surface area contributed by atoms with Gasteiger partial charge in [0.25, 0.3) is 0 Å². The molecule has 0 radical (unpaired) electrons. The number of fused-ring (bicyclic) bond motifs is 2. The molecule has 43 heavy (non-hydrogen) atoms. The first-order valence-electron chi connectivity index (χ1n) is 15.0. The van der Waals surface area contributed by atoms with E-state index < -0.39 is 0 Å². The lowest BCUT2D eigenvalue weighted by Gasteiger charge is -2.36.